The first-order valence-electron chi connectivity index (χ1n) is 42.4. The van der Waals surface area contributed by atoms with Gasteiger partial charge >= 0.3 is 12.2 Å². The number of carbonyl (C=O) groups excluding carboxylic acids is 5. The fourth-order valence-electron chi connectivity index (χ4n) is 16.0. The number of piperazine rings is 4. The minimum absolute atomic E-state index is 0.0409. The molecule has 0 radical (unpaired) electrons. The van der Waals surface area contributed by atoms with Gasteiger partial charge < -0.3 is 45.5 Å². The van der Waals surface area contributed by atoms with Crippen LogP contribution in [0.5, 0.6) is 0 Å². The van der Waals surface area contributed by atoms with E-state index in [1.54, 1.807) is 23.1 Å². The molecule has 4 aliphatic heterocycles. The van der Waals surface area contributed by atoms with E-state index < -0.39 is 22.9 Å². The van der Waals surface area contributed by atoms with Crippen molar-refractivity contribution >= 4 is 68.2 Å². The number of carbonyl (C=O) groups is 5. The van der Waals surface area contributed by atoms with Gasteiger partial charge in [0.1, 0.15) is 11.2 Å². The maximum atomic E-state index is 14.0. The fourth-order valence-corrected chi connectivity index (χ4v) is 16.8. The Kier molecular flexibility index (Phi) is 35.2. The summed E-state index contributed by atoms with van der Waals surface area (Å²) < 4.78 is 12.2. The summed E-state index contributed by atoms with van der Waals surface area (Å²) in [6.07, 6.45) is 0.973. The van der Waals surface area contributed by atoms with Gasteiger partial charge in [0.25, 0.3) is 17.6 Å². The Hall–Kier alpha value is -10.5. The highest BCUT2D eigenvalue weighted by Crippen LogP contribution is 2.39. The molecule has 10 aromatic rings. The number of ketones is 1. The third kappa shape index (κ3) is 26.3. The molecule has 14 rings (SSSR count). The number of nitrogens with two attached hydrogens (primary N) is 1. The molecule has 4 aliphatic rings. The molecule has 646 valence electrons. The summed E-state index contributed by atoms with van der Waals surface area (Å²) in [6, 6.07) is 91.9. The zero-order valence-electron chi connectivity index (χ0n) is 74.1. The molecule has 0 aliphatic carbocycles. The lowest BCUT2D eigenvalue weighted by molar-refractivity contribution is -0.124. The molecule has 0 bridgehead atoms. The van der Waals surface area contributed by atoms with Crippen LogP contribution in [0.25, 0.3) is 10.9 Å². The molecule has 21 heteroatoms. The highest BCUT2D eigenvalue weighted by Gasteiger charge is 2.41. The molecule has 5 heterocycles. The van der Waals surface area contributed by atoms with Gasteiger partial charge in [-0.05, 0) is 154 Å². The topological polar surface area (TPSA) is 205 Å². The summed E-state index contributed by atoms with van der Waals surface area (Å²) in [5, 5.41) is 14.9. The largest absolute Gasteiger partial charge is 0.444 e. The van der Waals surface area contributed by atoms with E-state index in [1.807, 2.05) is 89.5 Å². The molecule has 8 atom stereocenters. The lowest BCUT2D eigenvalue weighted by Crippen LogP contribution is -2.59. The molecule has 1 aromatic heterocycles. The molecule has 4 N–H and O–H groups in total. The van der Waals surface area contributed by atoms with Crippen LogP contribution in [-0.4, -0.2) is 195 Å². The van der Waals surface area contributed by atoms with E-state index in [2.05, 4.69) is 301 Å². The number of likely N-dealkylation sites (N-methyl/N-ethyl adjacent to an activating group) is 1. The van der Waals surface area contributed by atoms with Gasteiger partial charge in [0, 0.05) is 133 Å². The Morgan fingerprint density at radius 2 is 0.746 bits per heavy atom. The summed E-state index contributed by atoms with van der Waals surface area (Å²) in [5.74, 6) is 4.48. The predicted molar refractivity (Wildman–Crippen MR) is 498 cm³/mol. The maximum Gasteiger partial charge on any atom is 0.410 e. The monoisotopic (exact) mass is 1730 g/mol. The van der Waals surface area contributed by atoms with Crippen LogP contribution < -0.4 is 16.5 Å². The normalized spacial score (nSPS) is 19.4. The third-order valence-electron chi connectivity index (χ3n) is 22.0. The summed E-state index contributed by atoms with van der Waals surface area (Å²) in [7, 11) is 3.02. The Morgan fingerprint density at radius 1 is 0.443 bits per heavy atom. The zero-order chi connectivity index (χ0) is 88.5. The second-order valence-corrected chi connectivity index (χ2v) is 35.8. The van der Waals surface area contributed by atoms with E-state index in [1.165, 1.54) is 81.3 Å². The van der Waals surface area contributed by atoms with Crippen LogP contribution in [-0.2, 0) is 14.3 Å². The van der Waals surface area contributed by atoms with Gasteiger partial charge in [-0.3, -0.25) is 33.8 Å². The number of aromatic nitrogens is 1. The first-order valence-corrected chi connectivity index (χ1v) is 43.7. The van der Waals surface area contributed by atoms with Crippen molar-refractivity contribution in [2.75, 3.05) is 72.3 Å². The highest BCUT2D eigenvalue weighted by molar-refractivity contribution is 9.09. The molecule has 0 unspecified atom stereocenters. The van der Waals surface area contributed by atoms with Crippen LogP contribution in [0.2, 0.25) is 5.02 Å². The van der Waals surface area contributed by atoms with Crippen molar-refractivity contribution in [3.8, 4) is 6.07 Å². The Balaban J connectivity index is 0.000000182. The van der Waals surface area contributed by atoms with Gasteiger partial charge in [-0.25, -0.2) is 9.59 Å². The number of hydrogen-bond donors (Lipinski definition) is 3. The number of ether oxygens (including phenoxy) is 2. The number of nitrogen functional groups attached to an aromatic ring is 1. The van der Waals surface area contributed by atoms with Crippen molar-refractivity contribution in [3.05, 3.63) is 322 Å². The molecule has 122 heavy (non-hydrogen) atoms. The second-order valence-electron chi connectivity index (χ2n) is 34.4. The second kappa shape index (κ2) is 45.1. The molecular weight excluding hydrogens is 1610 g/mol. The number of alkyl halides is 1. The number of benzene rings is 9. The molecule has 4 saturated heterocycles. The fraction of sp³-hybridized carbons (Fsp3) is 0.386. The van der Waals surface area contributed by atoms with Gasteiger partial charge in [0.05, 0.1) is 50.7 Å². The lowest BCUT2D eigenvalue weighted by Gasteiger charge is -2.47. The van der Waals surface area contributed by atoms with Gasteiger partial charge in [-0.2, -0.15) is 5.26 Å². The zero-order valence-corrected chi connectivity index (χ0v) is 76.5. The number of halogens is 2. The number of amides is 4. The van der Waals surface area contributed by atoms with Crippen molar-refractivity contribution in [1.82, 2.24) is 49.6 Å². The number of hydrogen-bond acceptors (Lipinski definition) is 14. The van der Waals surface area contributed by atoms with E-state index in [9.17, 15) is 24.0 Å². The van der Waals surface area contributed by atoms with E-state index in [0.29, 0.717) is 59.5 Å². The summed E-state index contributed by atoms with van der Waals surface area (Å²) in [4.78, 5) is 78.5. The van der Waals surface area contributed by atoms with Gasteiger partial charge in [-0.15, -0.1) is 0 Å². The van der Waals surface area contributed by atoms with Crippen molar-refractivity contribution < 1.29 is 33.4 Å². The number of Topliss-reactive ketones (excluding diaryl/α,β-unsaturated/α-hetero) is 1. The molecule has 0 spiro atoms. The number of fused-ring (bicyclic) bond motifs is 1. The molecule has 4 amide bonds. The van der Waals surface area contributed by atoms with Crippen molar-refractivity contribution in [2.45, 2.75) is 186 Å². The van der Waals surface area contributed by atoms with Crippen molar-refractivity contribution in [2.24, 2.45) is 0 Å². The van der Waals surface area contributed by atoms with Crippen LogP contribution in [0.15, 0.2) is 261 Å². The Bertz CT molecular complexity index is 4810. The van der Waals surface area contributed by atoms with Crippen LogP contribution in [0.1, 0.15) is 192 Å². The Morgan fingerprint density at radius 3 is 1.09 bits per heavy atom. The van der Waals surface area contributed by atoms with E-state index >= 15 is 0 Å². The minimum Gasteiger partial charge on any atom is -0.444 e. The number of rotatable bonds is 14. The van der Waals surface area contributed by atoms with E-state index in [4.69, 9.17) is 32.2 Å². The molecular formula is C101H126BrClN12O7. The quantitative estimate of drug-likeness (QED) is 0.0401. The van der Waals surface area contributed by atoms with E-state index in [-0.39, 0.29) is 76.5 Å². The molecule has 0 saturated carbocycles. The average Bonchev–Trinajstić information content (AvgIpc) is 1.61. The smallest absolute Gasteiger partial charge is 0.410 e. The summed E-state index contributed by atoms with van der Waals surface area (Å²) in [6.45, 7) is 36.3. The van der Waals surface area contributed by atoms with Crippen LogP contribution in [0.4, 0.5) is 9.59 Å². The lowest BCUT2D eigenvalue weighted by atomic mass is 9.93. The SMILES string of the molecule is BrC(c1ccccc1)c1ccccc1.CC#N.C[C@@H]1CN(C(c2ccccc2)c2ccccc2)[C@@H](C)CN1.C[C@@H]1CN(C(c2ccccc2)c2ccccc2)[C@@H](C)CN1C(=O)OC(C)(C)C.C[C@@H]1CN(C(c2ccccc2)c2ccccc2)[C@@H](C)CN1C(=O)c1cc2c(C(=O)C(=O)N(C)C)cn(N)c2cc1Cl.C[C@H]1CN(C(=O)OC(C)(C)C)[C@@H](C)CN1. The van der Waals surface area contributed by atoms with E-state index in [0.717, 1.165) is 32.7 Å². The first-order chi connectivity index (χ1) is 58.2. The summed E-state index contributed by atoms with van der Waals surface area (Å²) in [5.41, 5.74) is 10.3. The third-order valence-corrected chi connectivity index (χ3v) is 23.4. The Labute approximate surface area is 738 Å². The van der Waals surface area contributed by atoms with Gasteiger partial charge in [0.2, 0.25) is 0 Å². The van der Waals surface area contributed by atoms with Gasteiger partial charge in [-0.1, -0.05) is 270 Å². The predicted octanol–water partition coefficient (Wildman–Crippen LogP) is 19.5. The molecule has 4 fully saturated rings. The van der Waals surface area contributed by atoms with Crippen molar-refractivity contribution in [1.29, 1.82) is 5.26 Å². The van der Waals surface area contributed by atoms with Crippen LogP contribution in [0.3, 0.4) is 0 Å². The summed E-state index contributed by atoms with van der Waals surface area (Å²) >= 11 is 10.3. The standard InChI is InChI=1S/C32H34ClN5O3.C24H32N2O2.C19H24N2.C13H11Br.C11H22N2O2.C2H3N/c1-20-18-37(21(2)17-36(20)29(22-11-7-5-8-12-22)23-13-9-6-10-14-23)31(40)25-15-24-26(30(39)32(41)35(3)4)19-38(34)28(24)16-27(25)33;1-18-17-26(23(27)28-24(3,4)5)19(2)16-25(18)22(20-12-8-6-9-13-20)21-14-10-7-11-15-21;1-15-14-21(16(2)13-20-15)19(17-9-5-3-6-10-17)18-11-7-4-8-12-18;14-13(11-7-3-1-4-8-11)12-9-5-2-6-10-12;1-8-7-13(9(2)6-12-8)10(14)15-11(3,4)5;1-2-3/h5-16,19-21,29H,17-18,34H2,1-4H3;6-15,18-19,22H,16-17H2,1-5H3;3-12,15-16,19-20H,13-14H2,1-2H3;1-10,13H;8-9,12H,6-7H2,1-5H3;1H3/t20-,21+;18-,19+;15-,16+;;8-,9-;/m001.0./s1. The number of nitrogens with one attached hydrogen (secondary N) is 2. The molecule has 9 aromatic carbocycles. The minimum atomic E-state index is -0.701. The molecule has 19 nitrogen and oxygen atoms in total. The van der Waals surface area contributed by atoms with Crippen molar-refractivity contribution in [3.63, 3.8) is 0 Å². The van der Waals surface area contributed by atoms with Crippen LogP contribution in [0, 0.1) is 11.3 Å². The number of nitrogens with zero attached hydrogens (tertiary/aromatic N) is 9. The number of nitriles is 1. The maximum absolute atomic E-state index is 14.0. The van der Waals surface area contributed by atoms with Gasteiger partial charge in [0.15, 0.2) is 0 Å². The average molecular weight is 1740 g/mol. The van der Waals surface area contributed by atoms with Crippen LogP contribution >= 0.6 is 27.5 Å². The first kappa shape index (κ1) is 95.4. The highest BCUT2D eigenvalue weighted by atomic mass is 79.9.